The highest BCUT2D eigenvalue weighted by atomic mass is 16.6. The first-order chi connectivity index (χ1) is 12.6. The first-order valence-electron chi connectivity index (χ1n) is 9.71. The average Bonchev–Trinajstić information content (AvgIpc) is 3.08. The third kappa shape index (κ3) is 10.4. The van der Waals surface area contributed by atoms with Crippen LogP contribution in [0.2, 0.25) is 0 Å². The number of nitrogens with one attached hydrogen (secondary N) is 2. The molecule has 8 heteroatoms. The van der Waals surface area contributed by atoms with E-state index in [9.17, 15) is 4.79 Å². The van der Waals surface area contributed by atoms with E-state index in [1.807, 2.05) is 20.8 Å². The molecule has 0 bridgehead atoms. The Bertz CT molecular complexity index is 473. The van der Waals surface area contributed by atoms with Gasteiger partial charge in [0.05, 0.1) is 19.3 Å². The summed E-state index contributed by atoms with van der Waals surface area (Å²) in [4.78, 5) is 17.9. The molecule has 0 radical (unpaired) electrons. The molecule has 0 spiro atoms. The van der Waals surface area contributed by atoms with Gasteiger partial charge in [0, 0.05) is 39.8 Å². The Labute approximate surface area is 164 Å². The maximum absolute atomic E-state index is 12.0. The summed E-state index contributed by atoms with van der Waals surface area (Å²) in [5.41, 5.74) is -0.485. The normalized spacial score (nSPS) is 20.1. The number of ether oxygens (including phenoxy) is 3. The number of hydrogen-bond donors (Lipinski definition) is 2. The zero-order valence-electron chi connectivity index (χ0n) is 18.0. The lowest BCUT2D eigenvalue weighted by atomic mass is 10.1. The van der Waals surface area contributed by atoms with Gasteiger partial charge in [-0.1, -0.05) is 6.92 Å². The van der Waals surface area contributed by atoms with Crippen molar-refractivity contribution in [2.45, 2.75) is 58.8 Å². The molecular formula is C19H38N4O4. The predicted octanol–water partition coefficient (Wildman–Crippen LogP) is 1.85. The lowest BCUT2D eigenvalue weighted by Gasteiger charge is -2.27. The molecule has 0 aromatic carbocycles. The van der Waals surface area contributed by atoms with E-state index in [1.165, 1.54) is 0 Å². The largest absolute Gasteiger partial charge is 0.444 e. The van der Waals surface area contributed by atoms with Crippen LogP contribution >= 0.6 is 0 Å². The van der Waals surface area contributed by atoms with Crippen LogP contribution in [-0.4, -0.2) is 81.7 Å². The molecule has 1 saturated heterocycles. The van der Waals surface area contributed by atoms with Crippen LogP contribution in [0.25, 0.3) is 0 Å². The molecule has 1 amide bonds. The number of hydrogen-bond acceptors (Lipinski definition) is 5. The van der Waals surface area contributed by atoms with Gasteiger partial charge in [0.1, 0.15) is 5.60 Å². The van der Waals surface area contributed by atoms with Crippen LogP contribution in [0.4, 0.5) is 4.79 Å². The lowest BCUT2D eigenvalue weighted by molar-refractivity contribution is 0.0277. The molecule has 3 atom stereocenters. The van der Waals surface area contributed by atoms with Crippen LogP contribution in [0.3, 0.4) is 0 Å². The van der Waals surface area contributed by atoms with E-state index in [-0.39, 0.29) is 24.2 Å². The number of aliphatic imine (C=N–C) groups is 1. The maximum atomic E-state index is 12.0. The summed E-state index contributed by atoms with van der Waals surface area (Å²) in [6.07, 6.45) is 0.855. The molecule has 0 saturated carbocycles. The van der Waals surface area contributed by atoms with Gasteiger partial charge in [-0.15, -0.1) is 0 Å². The van der Waals surface area contributed by atoms with Crippen molar-refractivity contribution in [1.29, 1.82) is 0 Å². The Morgan fingerprint density at radius 3 is 2.63 bits per heavy atom. The first kappa shape index (κ1) is 23.5. The van der Waals surface area contributed by atoms with Crippen LogP contribution in [-0.2, 0) is 14.2 Å². The quantitative estimate of drug-likeness (QED) is 0.489. The summed E-state index contributed by atoms with van der Waals surface area (Å²) in [6.45, 7) is 13.1. The molecule has 3 unspecified atom stereocenters. The van der Waals surface area contributed by atoms with Gasteiger partial charge in [0.15, 0.2) is 5.96 Å². The van der Waals surface area contributed by atoms with Crippen LogP contribution < -0.4 is 10.6 Å². The minimum Gasteiger partial charge on any atom is -0.444 e. The van der Waals surface area contributed by atoms with E-state index < -0.39 is 5.60 Å². The maximum Gasteiger partial charge on any atom is 0.410 e. The molecule has 1 aliphatic rings. The Balaban J connectivity index is 2.28. The fourth-order valence-electron chi connectivity index (χ4n) is 2.61. The van der Waals surface area contributed by atoms with E-state index in [4.69, 9.17) is 14.2 Å². The van der Waals surface area contributed by atoms with E-state index in [0.717, 1.165) is 19.0 Å². The summed E-state index contributed by atoms with van der Waals surface area (Å²) in [5, 5.41) is 6.62. The Morgan fingerprint density at radius 2 is 2.07 bits per heavy atom. The van der Waals surface area contributed by atoms with Gasteiger partial charge in [-0.3, -0.25) is 4.99 Å². The second-order valence-electron chi connectivity index (χ2n) is 8.28. The van der Waals surface area contributed by atoms with Crippen molar-refractivity contribution < 1.29 is 19.0 Å². The van der Waals surface area contributed by atoms with Crippen LogP contribution in [0, 0.1) is 5.92 Å². The van der Waals surface area contributed by atoms with Crippen molar-refractivity contribution in [1.82, 2.24) is 15.5 Å². The van der Waals surface area contributed by atoms with Gasteiger partial charge < -0.3 is 29.7 Å². The number of rotatable bonds is 8. The van der Waals surface area contributed by atoms with Gasteiger partial charge in [0.25, 0.3) is 0 Å². The molecular weight excluding hydrogens is 348 g/mol. The molecule has 1 aliphatic heterocycles. The third-order valence-electron chi connectivity index (χ3n) is 3.99. The monoisotopic (exact) mass is 386 g/mol. The van der Waals surface area contributed by atoms with Crippen LogP contribution in [0.15, 0.2) is 4.99 Å². The Morgan fingerprint density at radius 1 is 1.37 bits per heavy atom. The van der Waals surface area contributed by atoms with E-state index in [0.29, 0.717) is 26.3 Å². The SMILES string of the molecule is CN=C(NCC(C)CN(C)C(=O)OC(C)(C)C)NC(C)COC1CCOC1. The van der Waals surface area contributed by atoms with Crippen LogP contribution in [0.5, 0.6) is 0 Å². The van der Waals surface area contributed by atoms with Crippen molar-refractivity contribution in [3.05, 3.63) is 0 Å². The minimum absolute atomic E-state index is 0.136. The topological polar surface area (TPSA) is 84.4 Å². The molecule has 27 heavy (non-hydrogen) atoms. The van der Waals surface area contributed by atoms with Crippen molar-refractivity contribution >= 4 is 12.1 Å². The van der Waals surface area contributed by atoms with Crippen LogP contribution in [0.1, 0.15) is 41.0 Å². The van der Waals surface area contributed by atoms with E-state index in [2.05, 4.69) is 29.5 Å². The van der Waals surface area contributed by atoms with Crippen molar-refractivity contribution in [3.8, 4) is 0 Å². The van der Waals surface area contributed by atoms with Gasteiger partial charge in [-0.25, -0.2) is 4.79 Å². The molecule has 0 aliphatic carbocycles. The standard InChI is InChI=1S/C19H38N4O4/c1-14(11-23(7)18(24)27-19(3,4)5)10-21-17(20-6)22-15(2)12-26-16-8-9-25-13-16/h14-16H,8-13H2,1-7H3,(H2,20,21,22). The molecule has 8 nitrogen and oxygen atoms in total. The molecule has 158 valence electrons. The molecule has 0 aromatic heterocycles. The molecule has 1 rings (SSSR count). The molecule has 0 aromatic rings. The summed E-state index contributed by atoms with van der Waals surface area (Å²) >= 11 is 0. The number of amides is 1. The summed E-state index contributed by atoms with van der Waals surface area (Å²) in [6, 6.07) is 0.136. The minimum atomic E-state index is -0.485. The average molecular weight is 387 g/mol. The van der Waals surface area contributed by atoms with Crippen molar-refractivity contribution in [2.75, 3.05) is 47.0 Å². The Hall–Kier alpha value is -1.54. The second kappa shape index (κ2) is 11.3. The Kier molecular flexibility index (Phi) is 9.87. The highest BCUT2D eigenvalue weighted by Gasteiger charge is 2.21. The van der Waals surface area contributed by atoms with E-state index >= 15 is 0 Å². The predicted molar refractivity (Wildman–Crippen MR) is 107 cm³/mol. The summed E-state index contributed by atoms with van der Waals surface area (Å²) in [7, 11) is 3.50. The fourth-order valence-corrected chi connectivity index (χ4v) is 2.61. The fraction of sp³-hybridized carbons (Fsp3) is 0.895. The van der Waals surface area contributed by atoms with Gasteiger partial charge in [0.2, 0.25) is 0 Å². The summed E-state index contributed by atoms with van der Waals surface area (Å²) in [5.74, 6) is 0.962. The highest BCUT2D eigenvalue weighted by Crippen LogP contribution is 2.10. The van der Waals surface area contributed by atoms with Gasteiger partial charge in [-0.05, 0) is 40.0 Å². The molecule has 2 N–H and O–H groups in total. The third-order valence-corrected chi connectivity index (χ3v) is 3.99. The number of guanidine groups is 1. The van der Waals surface area contributed by atoms with Crippen molar-refractivity contribution in [3.63, 3.8) is 0 Å². The molecule has 1 fully saturated rings. The lowest BCUT2D eigenvalue weighted by Crippen LogP contribution is -2.46. The van der Waals surface area contributed by atoms with Gasteiger partial charge in [-0.2, -0.15) is 0 Å². The van der Waals surface area contributed by atoms with Gasteiger partial charge >= 0.3 is 6.09 Å². The van der Waals surface area contributed by atoms with E-state index in [1.54, 1.807) is 19.0 Å². The number of carbonyl (C=O) groups excluding carboxylic acids is 1. The number of nitrogens with zero attached hydrogens (tertiary/aromatic N) is 2. The molecule has 1 heterocycles. The second-order valence-corrected chi connectivity index (χ2v) is 8.28. The zero-order chi connectivity index (χ0) is 20.4. The first-order valence-corrected chi connectivity index (χ1v) is 9.71. The highest BCUT2D eigenvalue weighted by molar-refractivity contribution is 5.79. The summed E-state index contributed by atoms with van der Waals surface area (Å²) < 4.78 is 16.5. The van der Waals surface area contributed by atoms with Crippen molar-refractivity contribution in [2.24, 2.45) is 10.9 Å². The smallest absolute Gasteiger partial charge is 0.410 e. The number of carbonyl (C=O) groups is 1. The zero-order valence-corrected chi connectivity index (χ0v) is 18.0.